The lowest BCUT2D eigenvalue weighted by Gasteiger charge is -2.24. The number of aliphatic carboxylic acids is 1. The van der Waals surface area contributed by atoms with Crippen LogP contribution in [0, 0.1) is 11.8 Å². The number of thiazole rings is 1. The molecule has 9 nitrogen and oxygen atoms in total. The van der Waals surface area contributed by atoms with E-state index in [4.69, 9.17) is 9.47 Å². The van der Waals surface area contributed by atoms with Crippen LogP contribution in [0.3, 0.4) is 0 Å². The van der Waals surface area contributed by atoms with Crippen LogP contribution in [-0.2, 0) is 14.4 Å². The molecular formula is C33H31N3O6S2. The lowest BCUT2D eigenvalue weighted by atomic mass is 9.82. The summed E-state index contributed by atoms with van der Waals surface area (Å²) in [6.45, 7) is 0. The summed E-state index contributed by atoms with van der Waals surface area (Å²) < 4.78 is 10.7. The van der Waals surface area contributed by atoms with E-state index in [0.717, 1.165) is 16.0 Å². The number of hydrogen-bond acceptors (Lipinski definition) is 8. The van der Waals surface area contributed by atoms with Crippen molar-refractivity contribution in [1.82, 2.24) is 4.98 Å². The number of allylic oxidation sites excluding steroid dienone is 2. The summed E-state index contributed by atoms with van der Waals surface area (Å²) in [7, 11) is 3.15. The van der Waals surface area contributed by atoms with E-state index in [0.29, 0.717) is 40.9 Å². The number of nitrogens with one attached hydrogen (secondary N) is 2. The van der Waals surface area contributed by atoms with E-state index in [1.165, 1.54) is 23.1 Å². The topological polar surface area (TPSA) is 127 Å². The summed E-state index contributed by atoms with van der Waals surface area (Å²) in [6.07, 6.45) is 4.35. The zero-order chi connectivity index (χ0) is 31.1. The highest BCUT2D eigenvalue weighted by atomic mass is 32.2. The Morgan fingerprint density at radius 3 is 2.39 bits per heavy atom. The third-order valence-electron chi connectivity index (χ3n) is 7.20. The zero-order valence-electron chi connectivity index (χ0n) is 24.1. The minimum atomic E-state index is -0.980. The largest absolute Gasteiger partial charge is 0.493 e. The molecule has 11 heteroatoms. The van der Waals surface area contributed by atoms with Crippen molar-refractivity contribution in [3.63, 3.8) is 0 Å². The number of carboxylic acids is 1. The predicted molar refractivity (Wildman–Crippen MR) is 172 cm³/mol. The van der Waals surface area contributed by atoms with Crippen LogP contribution in [0.4, 0.5) is 10.8 Å². The van der Waals surface area contributed by atoms with Gasteiger partial charge in [0, 0.05) is 21.5 Å². The number of hydrogen-bond donors (Lipinski definition) is 3. The van der Waals surface area contributed by atoms with Gasteiger partial charge in [-0.15, -0.1) is 23.1 Å². The van der Waals surface area contributed by atoms with Crippen LogP contribution in [0.5, 0.6) is 11.5 Å². The van der Waals surface area contributed by atoms with Crippen LogP contribution in [0.1, 0.15) is 23.7 Å². The van der Waals surface area contributed by atoms with Crippen molar-refractivity contribution in [2.75, 3.05) is 24.9 Å². The highest BCUT2D eigenvalue weighted by molar-refractivity contribution is 8.00. The number of benzene rings is 3. The van der Waals surface area contributed by atoms with Crippen LogP contribution in [0.2, 0.25) is 0 Å². The van der Waals surface area contributed by atoms with Crippen LogP contribution in [0.25, 0.3) is 11.3 Å². The summed E-state index contributed by atoms with van der Waals surface area (Å²) in [4.78, 5) is 43.8. The third-order valence-corrected chi connectivity index (χ3v) is 9.20. The minimum absolute atomic E-state index is 0.248. The van der Waals surface area contributed by atoms with E-state index in [9.17, 15) is 19.5 Å². The van der Waals surface area contributed by atoms with Gasteiger partial charge in [0.25, 0.3) is 0 Å². The summed E-state index contributed by atoms with van der Waals surface area (Å²) in [5.74, 6) is -1.79. The molecule has 0 aliphatic heterocycles. The smallest absolute Gasteiger partial charge is 0.307 e. The molecule has 3 aromatic carbocycles. The van der Waals surface area contributed by atoms with E-state index in [-0.39, 0.29) is 11.8 Å². The highest BCUT2D eigenvalue weighted by Gasteiger charge is 2.34. The van der Waals surface area contributed by atoms with E-state index >= 15 is 0 Å². The molecular weight excluding hydrogens is 599 g/mol. The number of aromatic nitrogens is 1. The Hall–Kier alpha value is -4.61. The standard InChI is InChI=1S/C33H31N3O6S2/c1-41-27-16-15-21(17-28(27)42-2)26-19-43-33(35-26)36-31(38)29(20-9-4-3-5-10-20)44-23-12-8-11-22(18-23)34-30(37)24-13-6-7-14-25(24)32(39)40/h3-12,15-19,24-25,29H,13-14H2,1-2H3,(H,34,37)(H,39,40)(H,35,36,38). The molecule has 3 unspecified atom stereocenters. The minimum Gasteiger partial charge on any atom is -0.493 e. The molecule has 0 bridgehead atoms. The fraction of sp³-hybridized carbons (Fsp3) is 0.212. The van der Waals surface area contributed by atoms with Crippen molar-refractivity contribution in [3.8, 4) is 22.8 Å². The number of carbonyl (C=O) groups excluding carboxylic acids is 2. The molecule has 0 spiro atoms. The fourth-order valence-electron chi connectivity index (χ4n) is 4.93. The number of amides is 2. The molecule has 0 saturated carbocycles. The molecule has 1 aliphatic rings. The number of rotatable bonds is 11. The van der Waals surface area contributed by atoms with Crippen molar-refractivity contribution in [3.05, 3.63) is 95.9 Å². The van der Waals surface area contributed by atoms with Crippen LogP contribution in [0.15, 0.2) is 95.2 Å². The van der Waals surface area contributed by atoms with Gasteiger partial charge in [-0.05, 0) is 54.8 Å². The van der Waals surface area contributed by atoms with Crippen molar-refractivity contribution >= 4 is 51.7 Å². The van der Waals surface area contributed by atoms with Gasteiger partial charge in [-0.25, -0.2) is 4.98 Å². The molecule has 226 valence electrons. The second-order valence-corrected chi connectivity index (χ2v) is 12.1. The lowest BCUT2D eigenvalue weighted by Crippen LogP contribution is -2.34. The number of methoxy groups -OCH3 is 2. The number of carboxylic acid groups (broad SMARTS) is 1. The first-order valence-corrected chi connectivity index (χ1v) is 15.6. The van der Waals surface area contributed by atoms with Crippen LogP contribution in [-0.4, -0.2) is 42.1 Å². The number of thioether (sulfide) groups is 1. The molecule has 5 rings (SSSR count). The average Bonchev–Trinajstić information content (AvgIpc) is 3.52. The lowest BCUT2D eigenvalue weighted by molar-refractivity contribution is -0.146. The Bertz CT molecular complexity index is 1670. The van der Waals surface area contributed by atoms with E-state index in [2.05, 4.69) is 15.6 Å². The third kappa shape index (κ3) is 7.29. The first-order chi connectivity index (χ1) is 21.4. The van der Waals surface area contributed by atoms with E-state index < -0.39 is 23.1 Å². The van der Waals surface area contributed by atoms with Gasteiger partial charge < -0.3 is 25.2 Å². The number of ether oxygens (including phenoxy) is 2. The van der Waals surface area contributed by atoms with Gasteiger partial charge in [-0.1, -0.05) is 48.6 Å². The summed E-state index contributed by atoms with van der Waals surface area (Å²) in [5.41, 5.74) is 2.85. The van der Waals surface area contributed by atoms with Crippen molar-refractivity contribution in [2.24, 2.45) is 11.8 Å². The number of carbonyl (C=O) groups is 3. The van der Waals surface area contributed by atoms with Gasteiger partial charge >= 0.3 is 5.97 Å². The number of anilines is 2. The molecule has 3 N–H and O–H groups in total. The molecule has 1 aliphatic carbocycles. The van der Waals surface area contributed by atoms with Gasteiger partial charge in [0.1, 0.15) is 5.25 Å². The van der Waals surface area contributed by atoms with Crippen molar-refractivity contribution < 1.29 is 29.0 Å². The van der Waals surface area contributed by atoms with Gasteiger partial charge in [-0.2, -0.15) is 0 Å². The Labute approximate surface area is 263 Å². The highest BCUT2D eigenvalue weighted by Crippen LogP contribution is 2.39. The first kappa shape index (κ1) is 30.8. The monoisotopic (exact) mass is 629 g/mol. The second kappa shape index (κ2) is 14.2. The van der Waals surface area contributed by atoms with Gasteiger partial charge in [0.05, 0.1) is 31.7 Å². The molecule has 1 heterocycles. The first-order valence-electron chi connectivity index (χ1n) is 13.9. The fourth-order valence-corrected chi connectivity index (χ4v) is 6.73. The Kier molecular flexibility index (Phi) is 9.98. The predicted octanol–water partition coefficient (Wildman–Crippen LogP) is 6.90. The normalized spacial score (nSPS) is 16.5. The van der Waals surface area contributed by atoms with Crippen molar-refractivity contribution in [2.45, 2.75) is 23.0 Å². The zero-order valence-corrected chi connectivity index (χ0v) is 25.7. The van der Waals surface area contributed by atoms with Crippen molar-refractivity contribution in [1.29, 1.82) is 0 Å². The van der Waals surface area contributed by atoms with Crippen LogP contribution < -0.4 is 20.1 Å². The van der Waals surface area contributed by atoms with Gasteiger partial charge in [0.15, 0.2) is 16.6 Å². The SMILES string of the molecule is COc1ccc(-c2csc(NC(=O)C(Sc3cccc(NC(=O)C4CC=CCC4C(=O)O)c3)c3ccccc3)n2)cc1OC. The maximum absolute atomic E-state index is 13.7. The average molecular weight is 630 g/mol. The Morgan fingerprint density at radius 2 is 1.66 bits per heavy atom. The summed E-state index contributed by atoms with van der Waals surface area (Å²) in [5, 5.41) is 17.1. The molecule has 4 aromatic rings. The van der Waals surface area contributed by atoms with Gasteiger partial charge in [-0.3, -0.25) is 14.4 Å². The maximum atomic E-state index is 13.7. The van der Waals surface area contributed by atoms with Crippen LogP contribution >= 0.6 is 23.1 Å². The molecule has 2 amide bonds. The molecule has 0 radical (unpaired) electrons. The molecule has 0 fully saturated rings. The molecule has 44 heavy (non-hydrogen) atoms. The Balaban J connectivity index is 1.32. The maximum Gasteiger partial charge on any atom is 0.307 e. The Morgan fingerprint density at radius 1 is 0.909 bits per heavy atom. The van der Waals surface area contributed by atoms with Gasteiger partial charge in [0.2, 0.25) is 11.8 Å². The molecule has 1 aromatic heterocycles. The molecule has 0 saturated heterocycles. The van der Waals surface area contributed by atoms with E-state index in [1.54, 1.807) is 44.6 Å². The summed E-state index contributed by atoms with van der Waals surface area (Å²) in [6, 6.07) is 22.1. The second-order valence-electron chi connectivity index (χ2n) is 10.0. The van der Waals surface area contributed by atoms with E-state index in [1.807, 2.05) is 60.0 Å². The number of nitrogens with zero attached hydrogens (tertiary/aromatic N) is 1. The quantitative estimate of drug-likeness (QED) is 0.121. The summed E-state index contributed by atoms with van der Waals surface area (Å²) >= 11 is 2.66. The molecule has 3 atom stereocenters.